The molecule has 22 heavy (non-hydrogen) atoms. The third-order valence-corrected chi connectivity index (χ3v) is 6.02. The van der Waals surface area contributed by atoms with E-state index in [-0.39, 0.29) is 0 Å². The summed E-state index contributed by atoms with van der Waals surface area (Å²) in [7, 11) is -5.38. The Hall–Kier alpha value is -0.930. The molecule has 4 nitrogen and oxygen atoms in total. The Balaban J connectivity index is 0.000000261. The number of alkyl halides is 3. The maximum Gasteiger partial charge on any atom is 0.485 e. The molecule has 1 aliphatic heterocycles. The fourth-order valence-electron chi connectivity index (χ4n) is 1.88. The number of rotatable bonds is 2. The van der Waals surface area contributed by atoms with Crippen molar-refractivity contribution in [1.29, 1.82) is 0 Å². The van der Waals surface area contributed by atoms with Gasteiger partial charge < -0.3 is 9.45 Å². The minimum atomic E-state index is -6.09. The van der Waals surface area contributed by atoms with Gasteiger partial charge in [-0.3, -0.25) is 0 Å². The molecule has 126 valence electrons. The van der Waals surface area contributed by atoms with Crippen LogP contribution in [0.3, 0.4) is 0 Å². The zero-order valence-electron chi connectivity index (χ0n) is 12.0. The smallest absolute Gasteiger partial charge is 0.485 e. The first-order valence-electron chi connectivity index (χ1n) is 6.61. The van der Waals surface area contributed by atoms with Crippen LogP contribution in [0.15, 0.2) is 30.3 Å². The zero-order chi connectivity index (χ0) is 16.8. The van der Waals surface area contributed by atoms with E-state index in [1.165, 1.54) is 36.0 Å². The van der Waals surface area contributed by atoms with Gasteiger partial charge in [0.1, 0.15) is 17.3 Å². The molecule has 2 rings (SSSR count). The van der Waals surface area contributed by atoms with Crippen LogP contribution < -0.4 is 4.90 Å². The molecule has 1 fully saturated rings. The molecule has 1 aromatic rings. The van der Waals surface area contributed by atoms with E-state index in [0.29, 0.717) is 10.9 Å². The first kappa shape index (κ1) is 19.1. The van der Waals surface area contributed by atoms with Crippen LogP contribution in [0, 0.1) is 0 Å². The predicted octanol–water partition coefficient (Wildman–Crippen LogP) is 2.20. The fourth-order valence-corrected chi connectivity index (χ4v) is 3.62. The molecule has 0 amide bonds. The molecule has 0 unspecified atom stereocenters. The second kappa shape index (κ2) is 8.07. The van der Waals surface area contributed by atoms with Gasteiger partial charge in [0, 0.05) is 5.69 Å². The third kappa shape index (κ3) is 6.05. The van der Waals surface area contributed by atoms with Crippen molar-refractivity contribution in [2.45, 2.75) is 12.4 Å². The normalized spacial score (nSPS) is 16.9. The molecular formula is C13H18F3NO3S2. The summed E-state index contributed by atoms with van der Waals surface area (Å²) in [5.41, 5.74) is -4.25. The fraction of sp³-hybridized carbons (Fsp3) is 0.538. The lowest BCUT2D eigenvalue weighted by Gasteiger charge is -2.28. The Morgan fingerprint density at radius 2 is 1.64 bits per heavy atom. The van der Waals surface area contributed by atoms with E-state index in [9.17, 15) is 13.2 Å². The van der Waals surface area contributed by atoms with Gasteiger partial charge in [-0.2, -0.15) is 13.2 Å². The summed E-state index contributed by atoms with van der Waals surface area (Å²) in [6, 6.07) is 10.8. The van der Waals surface area contributed by atoms with E-state index in [2.05, 4.69) is 42.2 Å². The number of hydrogen-bond acceptors (Lipinski definition) is 4. The van der Waals surface area contributed by atoms with Gasteiger partial charge in [0.05, 0.1) is 13.1 Å². The molecular weight excluding hydrogens is 339 g/mol. The molecule has 0 N–H and O–H groups in total. The van der Waals surface area contributed by atoms with E-state index in [1.807, 2.05) is 0 Å². The summed E-state index contributed by atoms with van der Waals surface area (Å²) >= 11 is 0. The van der Waals surface area contributed by atoms with Crippen molar-refractivity contribution in [3.05, 3.63) is 30.3 Å². The number of halogens is 3. The quantitative estimate of drug-likeness (QED) is 0.462. The first-order valence-corrected chi connectivity index (χ1v) is 9.75. The van der Waals surface area contributed by atoms with Crippen LogP contribution >= 0.6 is 0 Å². The highest BCUT2D eigenvalue weighted by Crippen LogP contribution is 2.20. The average Bonchev–Trinajstić information content (AvgIpc) is 2.47. The number of para-hydroxylation sites is 1. The Morgan fingerprint density at radius 3 is 2.00 bits per heavy atom. The topological polar surface area (TPSA) is 60.4 Å². The van der Waals surface area contributed by atoms with Gasteiger partial charge in [-0.15, -0.1) is 0 Å². The molecule has 0 saturated carbocycles. The molecule has 1 saturated heterocycles. The number of anilines is 1. The molecule has 9 heteroatoms. The van der Waals surface area contributed by atoms with Crippen LogP contribution in [-0.2, 0) is 21.0 Å². The lowest BCUT2D eigenvalue weighted by Crippen LogP contribution is -2.41. The SMILES string of the molecule is CC[S+]1CCN(c2ccccc2)CC1.O=S(=O)([O-])C(F)(F)F. The highest BCUT2D eigenvalue weighted by Gasteiger charge is 2.36. The second-order valence-electron chi connectivity index (χ2n) is 4.53. The molecule has 0 aliphatic carbocycles. The van der Waals surface area contributed by atoms with Gasteiger partial charge in [0.2, 0.25) is 0 Å². The van der Waals surface area contributed by atoms with Crippen molar-refractivity contribution in [2.24, 2.45) is 0 Å². The van der Waals surface area contributed by atoms with Gasteiger partial charge >= 0.3 is 5.51 Å². The standard InChI is InChI=1S/C12H18NS.CHF3O3S/c1-2-14-10-8-13(9-11-14)12-6-4-3-5-7-12;2-1(3,4)8(5,6)7/h3-7H,2,8-11H2,1H3;(H,5,6,7)/q+1;/p-1. The van der Waals surface area contributed by atoms with E-state index in [4.69, 9.17) is 13.0 Å². The van der Waals surface area contributed by atoms with E-state index in [1.54, 1.807) is 0 Å². The minimum Gasteiger partial charge on any atom is -0.741 e. The molecule has 0 radical (unpaired) electrons. The van der Waals surface area contributed by atoms with Gasteiger partial charge in [-0.05, 0) is 30.0 Å². The molecule has 1 heterocycles. The van der Waals surface area contributed by atoms with E-state index in [0.717, 1.165) is 0 Å². The van der Waals surface area contributed by atoms with Crippen LogP contribution in [-0.4, -0.2) is 48.8 Å². The van der Waals surface area contributed by atoms with E-state index >= 15 is 0 Å². The minimum absolute atomic E-state index is 0.712. The molecule has 1 aliphatic rings. The van der Waals surface area contributed by atoms with Crippen LogP contribution in [0.2, 0.25) is 0 Å². The van der Waals surface area contributed by atoms with Crippen LogP contribution in [0.25, 0.3) is 0 Å². The van der Waals surface area contributed by atoms with Crippen LogP contribution in [0.4, 0.5) is 18.9 Å². The molecule has 0 atom stereocenters. The Bertz CT molecular complexity index is 541. The summed E-state index contributed by atoms with van der Waals surface area (Å²) in [4.78, 5) is 2.51. The monoisotopic (exact) mass is 357 g/mol. The molecule has 1 aromatic carbocycles. The van der Waals surface area contributed by atoms with Crippen molar-refractivity contribution < 1.29 is 26.1 Å². The summed E-state index contributed by atoms with van der Waals surface area (Å²) in [6.45, 7) is 4.82. The molecule has 0 bridgehead atoms. The average molecular weight is 357 g/mol. The molecule has 0 spiro atoms. The van der Waals surface area contributed by atoms with Gasteiger partial charge in [-0.1, -0.05) is 18.2 Å². The predicted molar refractivity (Wildman–Crippen MR) is 82.0 cm³/mol. The summed E-state index contributed by atoms with van der Waals surface area (Å²) in [5, 5.41) is 0. The van der Waals surface area contributed by atoms with Crippen LogP contribution in [0.1, 0.15) is 6.92 Å². The lowest BCUT2D eigenvalue weighted by atomic mass is 10.3. The Labute approximate surface area is 131 Å². The highest BCUT2D eigenvalue weighted by molar-refractivity contribution is 7.96. The number of benzene rings is 1. The summed E-state index contributed by atoms with van der Waals surface area (Å²) in [5.74, 6) is 4.17. The summed E-state index contributed by atoms with van der Waals surface area (Å²) < 4.78 is 58.9. The third-order valence-electron chi connectivity index (χ3n) is 3.11. The Kier molecular flexibility index (Phi) is 7.01. The van der Waals surface area contributed by atoms with Crippen molar-refractivity contribution in [2.75, 3.05) is 35.2 Å². The zero-order valence-corrected chi connectivity index (χ0v) is 13.7. The van der Waals surface area contributed by atoms with Crippen molar-refractivity contribution in [1.82, 2.24) is 0 Å². The molecule has 0 aromatic heterocycles. The lowest BCUT2D eigenvalue weighted by molar-refractivity contribution is -0.0517. The first-order chi connectivity index (χ1) is 10.1. The van der Waals surface area contributed by atoms with Gasteiger partial charge in [-0.25, -0.2) is 8.42 Å². The highest BCUT2D eigenvalue weighted by atomic mass is 32.2. The Morgan fingerprint density at radius 1 is 1.18 bits per heavy atom. The maximum absolute atomic E-state index is 10.7. The van der Waals surface area contributed by atoms with Gasteiger partial charge in [0.25, 0.3) is 0 Å². The largest absolute Gasteiger partial charge is 0.741 e. The number of hydrogen-bond donors (Lipinski definition) is 0. The number of nitrogens with zero attached hydrogens (tertiary/aromatic N) is 1. The van der Waals surface area contributed by atoms with Crippen molar-refractivity contribution >= 4 is 26.7 Å². The maximum atomic E-state index is 10.7. The van der Waals surface area contributed by atoms with Gasteiger partial charge in [0.15, 0.2) is 10.1 Å². The van der Waals surface area contributed by atoms with Crippen molar-refractivity contribution in [3.63, 3.8) is 0 Å². The van der Waals surface area contributed by atoms with Crippen molar-refractivity contribution in [3.8, 4) is 0 Å². The van der Waals surface area contributed by atoms with Crippen LogP contribution in [0.5, 0.6) is 0 Å². The second-order valence-corrected chi connectivity index (χ2v) is 8.52. The van der Waals surface area contributed by atoms with E-state index < -0.39 is 15.6 Å². The summed E-state index contributed by atoms with van der Waals surface area (Å²) in [6.07, 6.45) is 0.